The van der Waals surface area contributed by atoms with Gasteiger partial charge in [0.2, 0.25) is 0 Å². The van der Waals surface area contributed by atoms with E-state index in [2.05, 4.69) is 6.92 Å². The minimum absolute atomic E-state index is 0.783. The predicted molar refractivity (Wildman–Crippen MR) is 85.0 cm³/mol. The number of carbonyl (C=O) groups excluding carboxylic acids is 1. The van der Waals surface area contributed by atoms with E-state index in [0.717, 1.165) is 30.6 Å². The molecule has 110 valence electrons. The van der Waals surface area contributed by atoms with Crippen molar-refractivity contribution in [2.24, 2.45) is 0 Å². The number of allylic oxidation sites excluding steroid dienone is 1. The van der Waals surface area contributed by atoms with Gasteiger partial charge in [-0.2, -0.15) is 0 Å². The highest BCUT2D eigenvalue weighted by Crippen LogP contribution is 2.14. The molecule has 0 heterocycles. The van der Waals surface area contributed by atoms with Crippen LogP contribution in [-0.2, 0) is 4.79 Å². The van der Waals surface area contributed by atoms with Crippen LogP contribution in [0.4, 0.5) is 0 Å². The lowest BCUT2D eigenvalue weighted by atomic mass is 10.1. The van der Waals surface area contributed by atoms with Crippen LogP contribution in [0.2, 0.25) is 0 Å². The quantitative estimate of drug-likeness (QED) is 0.321. The number of hydrogen-bond donors (Lipinski definition) is 0. The van der Waals surface area contributed by atoms with Gasteiger partial charge in [0.15, 0.2) is 0 Å². The Hall–Kier alpha value is -1.57. The van der Waals surface area contributed by atoms with Gasteiger partial charge in [-0.15, -0.1) is 0 Å². The maximum absolute atomic E-state index is 10.2. The Morgan fingerprint density at radius 1 is 0.950 bits per heavy atom. The molecule has 0 amide bonds. The Morgan fingerprint density at radius 3 is 2.25 bits per heavy atom. The van der Waals surface area contributed by atoms with Gasteiger partial charge in [-0.3, -0.25) is 4.79 Å². The van der Waals surface area contributed by atoms with Crippen LogP contribution in [0, 0.1) is 0 Å². The maximum atomic E-state index is 10.2. The minimum atomic E-state index is 0.783. The number of rotatable bonds is 11. The van der Waals surface area contributed by atoms with Crippen molar-refractivity contribution < 1.29 is 9.53 Å². The van der Waals surface area contributed by atoms with E-state index in [0.29, 0.717) is 0 Å². The minimum Gasteiger partial charge on any atom is -0.494 e. The van der Waals surface area contributed by atoms with Gasteiger partial charge >= 0.3 is 0 Å². The highest BCUT2D eigenvalue weighted by molar-refractivity contribution is 5.73. The molecule has 0 bridgehead atoms. The number of ether oxygens (including phenoxy) is 1. The number of benzene rings is 1. The summed E-state index contributed by atoms with van der Waals surface area (Å²) in [5, 5.41) is 0. The van der Waals surface area contributed by atoms with Crippen LogP contribution in [0.3, 0.4) is 0 Å². The lowest BCUT2D eigenvalue weighted by molar-refractivity contribution is -0.104. The monoisotopic (exact) mass is 274 g/mol. The van der Waals surface area contributed by atoms with Crippen LogP contribution in [-0.4, -0.2) is 12.9 Å². The van der Waals surface area contributed by atoms with E-state index in [1.807, 2.05) is 24.3 Å². The van der Waals surface area contributed by atoms with Gasteiger partial charge in [0.1, 0.15) is 12.0 Å². The fraction of sp³-hybridized carbons (Fsp3) is 0.500. The van der Waals surface area contributed by atoms with E-state index < -0.39 is 0 Å². The molecule has 0 aliphatic carbocycles. The third-order valence-electron chi connectivity index (χ3n) is 3.26. The first-order chi connectivity index (χ1) is 9.86. The van der Waals surface area contributed by atoms with Crippen LogP contribution in [0.15, 0.2) is 30.3 Å². The highest BCUT2D eigenvalue weighted by Gasteiger charge is 1.95. The lowest BCUT2D eigenvalue weighted by Crippen LogP contribution is -1.97. The first-order valence-electron chi connectivity index (χ1n) is 7.71. The van der Waals surface area contributed by atoms with E-state index in [4.69, 9.17) is 4.74 Å². The van der Waals surface area contributed by atoms with Gasteiger partial charge in [-0.05, 0) is 30.2 Å². The number of unbranched alkanes of at least 4 members (excludes halogenated alkanes) is 6. The second kappa shape index (κ2) is 11.3. The summed E-state index contributed by atoms with van der Waals surface area (Å²) in [5.74, 6) is 0.902. The van der Waals surface area contributed by atoms with E-state index in [9.17, 15) is 4.79 Å². The molecule has 0 radical (unpaired) electrons. The van der Waals surface area contributed by atoms with E-state index >= 15 is 0 Å². The van der Waals surface area contributed by atoms with Crippen LogP contribution in [0.25, 0.3) is 6.08 Å². The molecule has 1 aromatic rings. The molecule has 0 aromatic heterocycles. The van der Waals surface area contributed by atoms with Crippen molar-refractivity contribution in [2.75, 3.05) is 6.61 Å². The maximum Gasteiger partial charge on any atom is 0.142 e. The summed E-state index contributed by atoms with van der Waals surface area (Å²) < 4.78 is 5.70. The molecule has 0 aliphatic rings. The third kappa shape index (κ3) is 7.78. The van der Waals surface area contributed by atoms with Crippen molar-refractivity contribution in [3.63, 3.8) is 0 Å². The molecule has 0 N–H and O–H groups in total. The van der Waals surface area contributed by atoms with E-state index in [1.165, 1.54) is 44.6 Å². The standard InChI is InChI=1S/C18H26O2/c1-2-3-4-5-6-7-8-16-20-18-13-11-17(12-14-18)10-9-15-19/h9-15H,2-8,16H2,1H3. The molecular weight excluding hydrogens is 248 g/mol. The zero-order valence-corrected chi connectivity index (χ0v) is 12.5. The number of aldehydes is 1. The van der Waals surface area contributed by atoms with Crippen molar-refractivity contribution in [3.8, 4) is 5.75 Å². The summed E-state index contributed by atoms with van der Waals surface area (Å²) in [6, 6.07) is 7.82. The summed E-state index contributed by atoms with van der Waals surface area (Å²) in [4.78, 5) is 10.2. The average molecular weight is 274 g/mol. The summed E-state index contributed by atoms with van der Waals surface area (Å²) in [5.41, 5.74) is 1.01. The number of carbonyl (C=O) groups is 1. The summed E-state index contributed by atoms with van der Waals surface area (Å²) >= 11 is 0. The van der Waals surface area contributed by atoms with Crippen LogP contribution >= 0.6 is 0 Å². The zero-order valence-electron chi connectivity index (χ0n) is 12.5. The fourth-order valence-electron chi connectivity index (χ4n) is 2.07. The SMILES string of the molecule is CCCCCCCCCOc1ccc(C=CC=O)cc1. The second-order valence-electron chi connectivity index (χ2n) is 5.03. The smallest absolute Gasteiger partial charge is 0.142 e. The van der Waals surface area contributed by atoms with Gasteiger partial charge in [0, 0.05) is 0 Å². The summed E-state index contributed by atoms with van der Waals surface area (Å²) in [6.45, 7) is 3.03. The first-order valence-corrected chi connectivity index (χ1v) is 7.71. The zero-order chi connectivity index (χ0) is 14.5. The first kappa shape index (κ1) is 16.5. The van der Waals surface area contributed by atoms with Crippen molar-refractivity contribution in [3.05, 3.63) is 35.9 Å². The van der Waals surface area contributed by atoms with Crippen molar-refractivity contribution in [1.29, 1.82) is 0 Å². The molecule has 0 fully saturated rings. The van der Waals surface area contributed by atoms with E-state index in [1.54, 1.807) is 6.08 Å². The Kier molecular flexibility index (Phi) is 9.29. The Labute approximate surface area is 122 Å². The van der Waals surface area contributed by atoms with Crippen molar-refractivity contribution >= 4 is 12.4 Å². The highest BCUT2D eigenvalue weighted by atomic mass is 16.5. The molecule has 0 atom stereocenters. The number of hydrogen-bond acceptors (Lipinski definition) is 2. The molecule has 0 saturated heterocycles. The molecule has 2 nitrogen and oxygen atoms in total. The van der Waals surface area contributed by atoms with Gasteiger partial charge in [-0.1, -0.05) is 63.7 Å². The molecule has 0 unspecified atom stereocenters. The predicted octanol–water partition coefficient (Wildman–Crippen LogP) is 5.03. The fourth-order valence-corrected chi connectivity index (χ4v) is 2.07. The van der Waals surface area contributed by atoms with Gasteiger partial charge in [-0.25, -0.2) is 0 Å². The Balaban J connectivity index is 2.10. The van der Waals surface area contributed by atoms with Gasteiger partial charge in [0.25, 0.3) is 0 Å². The van der Waals surface area contributed by atoms with Crippen molar-refractivity contribution in [1.82, 2.24) is 0 Å². The van der Waals surface area contributed by atoms with Crippen LogP contribution in [0.1, 0.15) is 57.4 Å². The second-order valence-corrected chi connectivity index (χ2v) is 5.03. The normalized spacial score (nSPS) is 10.8. The Bertz CT molecular complexity index is 379. The van der Waals surface area contributed by atoms with Crippen LogP contribution in [0.5, 0.6) is 5.75 Å². The Morgan fingerprint density at radius 2 is 1.60 bits per heavy atom. The largest absolute Gasteiger partial charge is 0.494 e. The summed E-state index contributed by atoms with van der Waals surface area (Å²) in [7, 11) is 0. The van der Waals surface area contributed by atoms with Crippen molar-refractivity contribution in [2.45, 2.75) is 51.9 Å². The van der Waals surface area contributed by atoms with Gasteiger partial charge in [0.05, 0.1) is 6.61 Å². The van der Waals surface area contributed by atoms with Crippen LogP contribution < -0.4 is 4.74 Å². The topological polar surface area (TPSA) is 26.3 Å². The molecule has 20 heavy (non-hydrogen) atoms. The molecule has 0 spiro atoms. The third-order valence-corrected chi connectivity index (χ3v) is 3.26. The lowest BCUT2D eigenvalue weighted by Gasteiger charge is -2.06. The molecule has 2 heteroatoms. The van der Waals surface area contributed by atoms with E-state index in [-0.39, 0.29) is 0 Å². The molecule has 0 saturated carbocycles. The van der Waals surface area contributed by atoms with Gasteiger partial charge < -0.3 is 4.74 Å². The molecular formula is C18H26O2. The molecule has 1 rings (SSSR count). The molecule has 0 aliphatic heterocycles. The average Bonchev–Trinajstić information content (AvgIpc) is 2.49. The summed E-state index contributed by atoms with van der Waals surface area (Å²) in [6.07, 6.45) is 13.1. The molecule has 1 aromatic carbocycles.